The largest absolute Gasteiger partial charge is 0.321 e. The zero-order chi connectivity index (χ0) is 13.9. The van der Waals surface area contributed by atoms with Gasteiger partial charge in [0, 0.05) is 18.3 Å². The van der Waals surface area contributed by atoms with Crippen molar-refractivity contribution >= 4 is 0 Å². The average molecular weight is 264 g/mol. The van der Waals surface area contributed by atoms with Gasteiger partial charge in [0.15, 0.2) is 0 Å². The highest BCUT2D eigenvalue weighted by Crippen LogP contribution is 2.34. The molecule has 0 spiro atoms. The molecule has 2 unspecified atom stereocenters. The van der Waals surface area contributed by atoms with Crippen LogP contribution in [-0.4, -0.2) is 33.3 Å². The Balaban J connectivity index is 2.23. The lowest BCUT2D eigenvalue weighted by Gasteiger charge is -2.43. The van der Waals surface area contributed by atoms with E-state index in [9.17, 15) is 0 Å². The molecule has 0 saturated carbocycles. The Hall–Kier alpha value is -0.870. The van der Waals surface area contributed by atoms with Crippen LogP contribution in [0.2, 0.25) is 0 Å². The monoisotopic (exact) mass is 264 g/mol. The summed E-state index contributed by atoms with van der Waals surface area (Å²) in [4.78, 5) is 2.57. The van der Waals surface area contributed by atoms with Gasteiger partial charge in [-0.05, 0) is 51.8 Å². The third-order valence-electron chi connectivity index (χ3n) is 4.72. The van der Waals surface area contributed by atoms with E-state index in [0.717, 1.165) is 19.4 Å². The summed E-state index contributed by atoms with van der Waals surface area (Å²) >= 11 is 0. The van der Waals surface area contributed by atoms with Crippen molar-refractivity contribution in [3.8, 4) is 0 Å². The number of likely N-dealkylation sites (tertiary alicyclic amines) is 1. The van der Waals surface area contributed by atoms with Gasteiger partial charge in [0.05, 0.1) is 11.7 Å². The molecular formula is C15H28N4. The molecular weight excluding hydrogens is 236 g/mol. The molecule has 2 N–H and O–H groups in total. The number of nitrogens with two attached hydrogens (primary N) is 1. The second-order valence-corrected chi connectivity index (χ2v) is 5.86. The first-order valence-corrected chi connectivity index (χ1v) is 7.65. The van der Waals surface area contributed by atoms with Gasteiger partial charge in [-0.25, -0.2) is 0 Å². The molecule has 2 rings (SSSR count). The van der Waals surface area contributed by atoms with Gasteiger partial charge in [-0.2, -0.15) is 5.10 Å². The van der Waals surface area contributed by atoms with E-state index in [4.69, 9.17) is 5.73 Å². The van der Waals surface area contributed by atoms with Gasteiger partial charge >= 0.3 is 0 Å². The molecule has 108 valence electrons. The predicted molar refractivity (Wildman–Crippen MR) is 78.9 cm³/mol. The summed E-state index contributed by atoms with van der Waals surface area (Å²) in [7, 11) is 0. The van der Waals surface area contributed by atoms with Crippen molar-refractivity contribution < 1.29 is 0 Å². The molecule has 0 bridgehead atoms. The second kappa shape index (κ2) is 6.06. The van der Waals surface area contributed by atoms with Gasteiger partial charge in [0.1, 0.15) is 0 Å². The Bertz CT molecular complexity index is 395. The average Bonchev–Trinajstić information content (AvgIpc) is 3.08. The Kier molecular flexibility index (Phi) is 4.63. The first kappa shape index (κ1) is 14.5. The topological polar surface area (TPSA) is 47.1 Å². The number of hydrogen-bond acceptors (Lipinski definition) is 3. The Morgan fingerprint density at radius 3 is 2.63 bits per heavy atom. The molecule has 0 aromatic carbocycles. The van der Waals surface area contributed by atoms with Gasteiger partial charge in [0.2, 0.25) is 0 Å². The van der Waals surface area contributed by atoms with Crippen LogP contribution in [0.4, 0.5) is 0 Å². The quantitative estimate of drug-likeness (QED) is 0.859. The molecule has 1 fully saturated rings. The number of hydrogen-bond donors (Lipinski definition) is 1. The third-order valence-corrected chi connectivity index (χ3v) is 4.72. The molecule has 1 aromatic heterocycles. The Morgan fingerprint density at radius 2 is 2.05 bits per heavy atom. The van der Waals surface area contributed by atoms with Crippen LogP contribution in [0.5, 0.6) is 0 Å². The fourth-order valence-electron chi connectivity index (χ4n) is 3.19. The molecule has 2 atom stereocenters. The van der Waals surface area contributed by atoms with Crippen LogP contribution in [0.15, 0.2) is 12.3 Å². The molecule has 0 radical (unpaired) electrons. The summed E-state index contributed by atoms with van der Waals surface area (Å²) < 4.78 is 2.08. The minimum Gasteiger partial charge on any atom is -0.321 e. The van der Waals surface area contributed by atoms with E-state index in [1.165, 1.54) is 31.6 Å². The first-order valence-electron chi connectivity index (χ1n) is 7.65. The maximum Gasteiger partial charge on any atom is 0.0651 e. The van der Waals surface area contributed by atoms with Gasteiger partial charge in [-0.15, -0.1) is 0 Å². The number of aromatic nitrogens is 2. The standard InChI is InChI=1S/C15H28N4/c1-4-10-19-13(8-9-17-19)14(16)15(3,5-2)18-11-6-7-12-18/h8-9,14H,4-7,10-12,16H2,1-3H3. The van der Waals surface area contributed by atoms with Gasteiger partial charge < -0.3 is 5.73 Å². The third kappa shape index (κ3) is 2.70. The molecule has 1 aliphatic heterocycles. The molecule has 1 aromatic rings. The molecule has 1 saturated heterocycles. The van der Waals surface area contributed by atoms with Gasteiger partial charge in [-0.3, -0.25) is 9.58 Å². The molecule has 2 heterocycles. The second-order valence-electron chi connectivity index (χ2n) is 5.86. The number of aryl methyl sites for hydroxylation is 1. The highest BCUT2D eigenvalue weighted by molar-refractivity contribution is 5.14. The van der Waals surface area contributed by atoms with Crippen molar-refractivity contribution in [3.63, 3.8) is 0 Å². The molecule has 0 aliphatic carbocycles. The SMILES string of the molecule is CCCn1nccc1C(N)C(C)(CC)N1CCCC1. The summed E-state index contributed by atoms with van der Waals surface area (Å²) in [5, 5.41) is 4.42. The van der Waals surface area contributed by atoms with Crippen molar-refractivity contribution in [1.82, 2.24) is 14.7 Å². The molecule has 19 heavy (non-hydrogen) atoms. The van der Waals surface area contributed by atoms with E-state index < -0.39 is 0 Å². The maximum atomic E-state index is 6.64. The van der Waals surface area contributed by atoms with E-state index in [-0.39, 0.29) is 11.6 Å². The smallest absolute Gasteiger partial charge is 0.0651 e. The zero-order valence-electron chi connectivity index (χ0n) is 12.6. The van der Waals surface area contributed by atoms with Gasteiger partial charge in [-0.1, -0.05) is 13.8 Å². The zero-order valence-corrected chi connectivity index (χ0v) is 12.6. The first-order chi connectivity index (χ1) is 9.13. The van der Waals surface area contributed by atoms with Crippen molar-refractivity contribution in [2.24, 2.45) is 5.73 Å². The van der Waals surface area contributed by atoms with Crippen LogP contribution in [0.25, 0.3) is 0 Å². The fourth-order valence-corrected chi connectivity index (χ4v) is 3.19. The molecule has 4 heteroatoms. The van der Waals surface area contributed by atoms with Crippen LogP contribution >= 0.6 is 0 Å². The van der Waals surface area contributed by atoms with Crippen LogP contribution in [0.3, 0.4) is 0 Å². The predicted octanol–water partition coefficient (Wildman–Crippen LogP) is 2.56. The molecule has 4 nitrogen and oxygen atoms in total. The number of nitrogens with zero attached hydrogens (tertiary/aromatic N) is 3. The van der Waals surface area contributed by atoms with Crippen molar-refractivity contribution in [1.29, 1.82) is 0 Å². The molecule has 1 aliphatic rings. The Morgan fingerprint density at radius 1 is 1.37 bits per heavy atom. The van der Waals surface area contributed by atoms with E-state index >= 15 is 0 Å². The number of rotatable bonds is 6. The summed E-state index contributed by atoms with van der Waals surface area (Å²) in [6.07, 6.45) is 6.65. The van der Waals surface area contributed by atoms with Crippen LogP contribution in [0, 0.1) is 0 Å². The summed E-state index contributed by atoms with van der Waals surface area (Å²) in [5.41, 5.74) is 7.86. The van der Waals surface area contributed by atoms with Crippen LogP contribution in [0.1, 0.15) is 58.2 Å². The lowest BCUT2D eigenvalue weighted by Crippen LogP contribution is -2.52. The summed E-state index contributed by atoms with van der Waals surface area (Å²) in [6.45, 7) is 10.1. The van der Waals surface area contributed by atoms with Gasteiger partial charge in [0.25, 0.3) is 0 Å². The van der Waals surface area contributed by atoms with Crippen molar-refractivity contribution in [2.45, 2.75) is 64.6 Å². The highest BCUT2D eigenvalue weighted by atomic mass is 15.3. The lowest BCUT2D eigenvalue weighted by molar-refractivity contribution is 0.0964. The van der Waals surface area contributed by atoms with E-state index in [2.05, 4.69) is 41.5 Å². The minimum absolute atomic E-state index is 0.0321. The summed E-state index contributed by atoms with van der Waals surface area (Å²) in [5.74, 6) is 0. The van der Waals surface area contributed by atoms with E-state index in [1.807, 2.05) is 6.20 Å². The van der Waals surface area contributed by atoms with Crippen molar-refractivity contribution in [3.05, 3.63) is 18.0 Å². The highest BCUT2D eigenvalue weighted by Gasteiger charge is 2.39. The van der Waals surface area contributed by atoms with E-state index in [1.54, 1.807) is 0 Å². The molecule has 0 amide bonds. The minimum atomic E-state index is 0.0321. The van der Waals surface area contributed by atoms with E-state index in [0.29, 0.717) is 0 Å². The Labute approximate surface area is 117 Å². The van der Waals surface area contributed by atoms with Crippen LogP contribution in [-0.2, 0) is 6.54 Å². The maximum absolute atomic E-state index is 6.64. The van der Waals surface area contributed by atoms with Crippen LogP contribution < -0.4 is 5.73 Å². The lowest BCUT2D eigenvalue weighted by atomic mass is 9.86. The fraction of sp³-hybridized carbons (Fsp3) is 0.800. The summed E-state index contributed by atoms with van der Waals surface area (Å²) in [6, 6.07) is 2.12. The normalized spacial score (nSPS) is 21.5. The van der Waals surface area contributed by atoms with Crippen molar-refractivity contribution in [2.75, 3.05) is 13.1 Å².